The molecule has 19 heavy (non-hydrogen) atoms. The maximum atomic E-state index is 9.14. The number of para-hydroxylation sites is 1. The highest BCUT2D eigenvalue weighted by molar-refractivity contribution is 5.59. The van der Waals surface area contributed by atoms with Gasteiger partial charge >= 0.3 is 0 Å². The van der Waals surface area contributed by atoms with Gasteiger partial charge in [0.1, 0.15) is 0 Å². The topological polar surface area (TPSA) is 49.5 Å². The first-order valence-corrected chi connectivity index (χ1v) is 7.28. The molecule has 0 amide bonds. The van der Waals surface area contributed by atoms with Crippen LogP contribution in [-0.4, -0.2) is 29.8 Å². The first-order chi connectivity index (χ1) is 9.03. The predicted molar refractivity (Wildman–Crippen MR) is 80.5 cm³/mol. The van der Waals surface area contributed by atoms with Gasteiger partial charge in [-0.2, -0.15) is 0 Å². The summed E-state index contributed by atoms with van der Waals surface area (Å²) in [4.78, 5) is 2.50. The van der Waals surface area contributed by atoms with Crippen LogP contribution in [0.15, 0.2) is 24.3 Å². The Labute approximate surface area is 116 Å². The molecule has 0 saturated carbocycles. The van der Waals surface area contributed by atoms with Crippen LogP contribution in [-0.2, 0) is 6.42 Å². The minimum Gasteiger partial charge on any atom is -0.394 e. The fraction of sp³-hybridized carbons (Fsp3) is 0.625. The van der Waals surface area contributed by atoms with E-state index in [1.165, 1.54) is 11.3 Å². The van der Waals surface area contributed by atoms with Crippen LogP contribution in [0.2, 0.25) is 0 Å². The molecule has 106 valence electrons. The number of hydrogen-bond acceptors (Lipinski definition) is 3. The lowest BCUT2D eigenvalue weighted by atomic mass is 9.97. The summed E-state index contributed by atoms with van der Waals surface area (Å²) in [7, 11) is 0. The number of unbranched alkanes of at least 4 members (excludes halogenated alkanes) is 1. The van der Waals surface area contributed by atoms with Crippen molar-refractivity contribution < 1.29 is 5.11 Å². The lowest BCUT2D eigenvalue weighted by Gasteiger charge is -2.26. The second-order valence-corrected chi connectivity index (χ2v) is 6.14. The van der Waals surface area contributed by atoms with Crippen molar-refractivity contribution in [3.8, 4) is 0 Å². The third kappa shape index (κ3) is 3.48. The second-order valence-electron chi connectivity index (χ2n) is 6.14. The van der Waals surface area contributed by atoms with Crippen molar-refractivity contribution in [2.75, 3.05) is 18.1 Å². The Kier molecular flexibility index (Phi) is 4.48. The Morgan fingerprint density at radius 1 is 1.37 bits per heavy atom. The molecule has 2 atom stereocenters. The van der Waals surface area contributed by atoms with Gasteiger partial charge in [0, 0.05) is 23.8 Å². The van der Waals surface area contributed by atoms with Gasteiger partial charge in [0.2, 0.25) is 0 Å². The molecule has 3 heteroatoms. The number of aliphatic hydroxyl groups excluding tert-OH is 1. The number of benzene rings is 1. The SMILES string of the molecule is CC1Cc2ccccc2N1CCCCC(C)(N)CO. The molecule has 1 aromatic rings. The molecule has 3 nitrogen and oxygen atoms in total. The molecule has 0 aromatic heterocycles. The molecule has 1 aliphatic rings. The van der Waals surface area contributed by atoms with Gasteiger partial charge in [-0.1, -0.05) is 18.2 Å². The van der Waals surface area contributed by atoms with Gasteiger partial charge in [-0.25, -0.2) is 0 Å². The Balaban J connectivity index is 1.84. The third-order valence-corrected chi connectivity index (χ3v) is 4.11. The van der Waals surface area contributed by atoms with E-state index in [2.05, 4.69) is 36.1 Å². The van der Waals surface area contributed by atoms with Crippen molar-refractivity contribution in [1.82, 2.24) is 0 Å². The Morgan fingerprint density at radius 3 is 2.84 bits per heavy atom. The molecule has 0 bridgehead atoms. The molecule has 2 unspecified atom stereocenters. The Hall–Kier alpha value is -1.06. The summed E-state index contributed by atoms with van der Waals surface area (Å²) >= 11 is 0. The molecule has 0 saturated heterocycles. The fourth-order valence-electron chi connectivity index (χ4n) is 2.86. The summed E-state index contributed by atoms with van der Waals surface area (Å²) in [6, 6.07) is 9.29. The summed E-state index contributed by atoms with van der Waals surface area (Å²) < 4.78 is 0. The normalized spacial score (nSPS) is 21.3. The summed E-state index contributed by atoms with van der Waals surface area (Å²) in [5.74, 6) is 0. The third-order valence-electron chi connectivity index (χ3n) is 4.11. The summed E-state index contributed by atoms with van der Waals surface area (Å²) in [6.07, 6.45) is 4.24. The first kappa shape index (κ1) is 14.4. The number of aliphatic hydroxyl groups is 1. The van der Waals surface area contributed by atoms with Gasteiger partial charge in [-0.05, 0) is 51.2 Å². The highest BCUT2D eigenvalue weighted by Crippen LogP contribution is 2.31. The van der Waals surface area contributed by atoms with Gasteiger partial charge < -0.3 is 15.7 Å². The number of hydrogen-bond donors (Lipinski definition) is 2. The van der Waals surface area contributed by atoms with E-state index < -0.39 is 5.54 Å². The highest BCUT2D eigenvalue weighted by atomic mass is 16.3. The molecule has 1 heterocycles. The maximum absolute atomic E-state index is 9.14. The molecule has 0 aliphatic carbocycles. The zero-order chi connectivity index (χ0) is 13.9. The lowest BCUT2D eigenvalue weighted by Crippen LogP contribution is -2.40. The van der Waals surface area contributed by atoms with Crippen molar-refractivity contribution in [3.63, 3.8) is 0 Å². The Morgan fingerprint density at radius 2 is 2.11 bits per heavy atom. The van der Waals surface area contributed by atoms with Crippen LogP contribution in [0.1, 0.15) is 38.7 Å². The molecule has 1 aliphatic heterocycles. The van der Waals surface area contributed by atoms with Crippen LogP contribution in [0.5, 0.6) is 0 Å². The molecule has 3 N–H and O–H groups in total. The number of nitrogens with two attached hydrogens (primary N) is 1. The van der Waals surface area contributed by atoms with Crippen molar-refractivity contribution in [2.24, 2.45) is 5.73 Å². The molecule has 1 aromatic carbocycles. The highest BCUT2D eigenvalue weighted by Gasteiger charge is 2.25. The Bertz CT molecular complexity index is 417. The number of nitrogens with zero attached hydrogens (tertiary/aromatic N) is 1. The largest absolute Gasteiger partial charge is 0.394 e. The van der Waals surface area contributed by atoms with E-state index in [-0.39, 0.29) is 6.61 Å². The fourth-order valence-corrected chi connectivity index (χ4v) is 2.86. The van der Waals surface area contributed by atoms with Crippen LogP contribution in [0.3, 0.4) is 0 Å². The predicted octanol–water partition coefficient (Wildman–Crippen LogP) is 2.32. The number of anilines is 1. The van der Waals surface area contributed by atoms with Crippen molar-refractivity contribution >= 4 is 5.69 Å². The zero-order valence-electron chi connectivity index (χ0n) is 12.1. The van der Waals surface area contributed by atoms with E-state index in [1.807, 2.05) is 6.92 Å². The number of fused-ring (bicyclic) bond motifs is 1. The zero-order valence-corrected chi connectivity index (χ0v) is 12.1. The maximum Gasteiger partial charge on any atom is 0.0608 e. The molecule has 0 fully saturated rings. The minimum atomic E-state index is -0.422. The van der Waals surface area contributed by atoms with Crippen LogP contribution >= 0.6 is 0 Å². The summed E-state index contributed by atoms with van der Waals surface area (Å²) in [5, 5.41) is 9.14. The van der Waals surface area contributed by atoms with Crippen LogP contribution in [0.25, 0.3) is 0 Å². The molecule has 0 radical (unpaired) electrons. The minimum absolute atomic E-state index is 0.0654. The van der Waals surface area contributed by atoms with Gasteiger partial charge in [-0.3, -0.25) is 0 Å². The first-order valence-electron chi connectivity index (χ1n) is 7.28. The van der Waals surface area contributed by atoms with Crippen LogP contribution in [0.4, 0.5) is 5.69 Å². The van der Waals surface area contributed by atoms with E-state index >= 15 is 0 Å². The van der Waals surface area contributed by atoms with Gasteiger partial charge in [-0.15, -0.1) is 0 Å². The van der Waals surface area contributed by atoms with Gasteiger partial charge in [0.15, 0.2) is 0 Å². The monoisotopic (exact) mass is 262 g/mol. The van der Waals surface area contributed by atoms with E-state index in [9.17, 15) is 0 Å². The lowest BCUT2D eigenvalue weighted by molar-refractivity contribution is 0.197. The van der Waals surface area contributed by atoms with Crippen molar-refractivity contribution in [1.29, 1.82) is 0 Å². The molecular weight excluding hydrogens is 236 g/mol. The van der Waals surface area contributed by atoms with Gasteiger partial charge in [0.25, 0.3) is 0 Å². The van der Waals surface area contributed by atoms with E-state index in [1.54, 1.807) is 0 Å². The molecule has 2 rings (SSSR count). The summed E-state index contributed by atoms with van der Waals surface area (Å²) in [5.41, 5.74) is 8.39. The standard InChI is InChI=1S/C16H26N2O/c1-13-11-14-7-3-4-8-15(14)18(13)10-6-5-9-16(2,17)12-19/h3-4,7-8,13,19H,5-6,9-12,17H2,1-2H3. The average molecular weight is 262 g/mol. The van der Waals surface area contributed by atoms with E-state index in [0.717, 1.165) is 32.2 Å². The summed E-state index contributed by atoms with van der Waals surface area (Å²) in [6.45, 7) is 5.36. The quantitative estimate of drug-likeness (QED) is 0.774. The van der Waals surface area contributed by atoms with E-state index in [4.69, 9.17) is 10.8 Å². The van der Waals surface area contributed by atoms with Crippen molar-refractivity contribution in [2.45, 2.75) is 51.1 Å². The number of rotatable bonds is 6. The molecular formula is C16H26N2O. The average Bonchev–Trinajstić information content (AvgIpc) is 2.71. The van der Waals surface area contributed by atoms with Crippen molar-refractivity contribution in [3.05, 3.63) is 29.8 Å². The van der Waals surface area contributed by atoms with Gasteiger partial charge in [0.05, 0.1) is 6.61 Å². The van der Waals surface area contributed by atoms with Crippen LogP contribution in [0, 0.1) is 0 Å². The van der Waals surface area contributed by atoms with Crippen LogP contribution < -0.4 is 10.6 Å². The van der Waals surface area contributed by atoms with E-state index in [0.29, 0.717) is 6.04 Å². The smallest absolute Gasteiger partial charge is 0.0608 e. The second kappa shape index (κ2) is 5.93. The molecule has 0 spiro atoms.